The van der Waals surface area contributed by atoms with Crippen molar-refractivity contribution in [2.24, 2.45) is 11.7 Å². The number of methoxy groups -OCH3 is 1. The fraction of sp³-hybridized carbons (Fsp3) is 0.556. The van der Waals surface area contributed by atoms with Crippen LogP contribution in [0.5, 0.6) is 5.75 Å². The zero-order valence-corrected chi connectivity index (χ0v) is 24.7. The molecule has 1 aliphatic heterocycles. The molecule has 1 aliphatic rings. The maximum atomic E-state index is 12.0. The van der Waals surface area contributed by atoms with Gasteiger partial charge >= 0.3 is 6.09 Å². The second-order valence-corrected chi connectivity index (χ2v) is 9.37. The van der Waals surface area contributed by atoms with Gasteiger partial charge in [0.1, 0.15) is 23.9 Å². The third-order valence-electron chi connectivity index (χ3n) is 5.14. The quantitative estimate of drug-likeness (QED) is 0.508. The number of nitrogens with two attached hydrogens (primary N) is 1. The van der Waals surface area contributed by atoms with Gasteiger partial charge in [-0.3, -0.25) is 14.4 Å². The number of hydrogen-bond acceptors (Lipinski definition) is 6. The number of rotatable bonds is 4. The third-order valence-corrected chi connectivity index (χ3v) is 5.38. The molecule has 0 saturated carbocycles. The Morgan fingerprint density at radius 3 is 2.29 bits per heavy atom. The summed E-state index contributed by atoms with van der Waals surface area (Å²) in [5.74, 6) is -0.168. The highest BCUT2D eigenvalue weighted by Gasteiger charge is 2.38. The molecule has 38 heavy (non-hydrogen) atoms. The highest BCUT2D eigenvalue weighted by atomic mass is 35.5. The Balaban J connectivity index is 0.000000663. The molecule has 2 heterocycles. The summed E-state index contributed by atoms with van der Waals surface area (Å²) >= 11 is 5.79. The maximum Gasteiger partial charge on any atom is 0.408 e. The number of pyridine rings is 1. The Hall–Kier alpha value is -3.27. The normalized spacial score (nSPS) is 16.0. The topological polar surface area (TPSA) is 144 Å². The van der Waals surface area contributed by atoms with Crippen LogP contribution in [0, 0.1) is 5.92 Å². The van der Waals surface area contributed by atoms with E-state index in [4.69, 9.17) is 26.8 Å². The lowest BCUT2D eigenvalue weighted by Crippen LogP contribution is -2.49. The number of primary amides is 1. The largest absolute Gasteiger partial charge is 0.495 e. The van der Waals surface area contributed by atoms with E-state index in [0.29, 0.717) is 22.7 Å². The molecule has 4 N–H and O–H groups in total. The van der Waals surface area contributed by atoms with Crippen LogP contribution in [0.4, 0.5) is 4.79 Å². The summed E-state index contributed by atoms with van der Waals surface area (Å²) in [5.41, 5.74) is 4.53. The molecule has 3 amide bonds. The molecule has 1 aromatic carbocycles. The predicted molar refractivity (Wildman–Crippen MR) is 152 cm³/mol. The van der Waals surface area contributed by atoms with Gasteiger partial charge in [-0.15, -0.1) is 0 Å². The molecule has 3 rings (SSSR count). The summed E-state index contributed by atoms with van der Waals surface area (Å²) in [7, 11) is 1.56. The van der Waals surface area contributed by atoms with Gasteiger partial charge in [-0.25, -0.2) is 4.79 Å². The van der Waals surface area contributed by atoms with Gasteiger partial charge in [-0.05, 0) is 51.3 Å². The van der Waals surface area contributed by atoms with E-state index in [2.05, 4.69) is 10.3 Å². The van der Waals surface area contributed by atoms with Crippen molar-refractivity contribution < 1.29 is 23.9 Å². The first-order valence-corrected chi connectivity index (χ1v) is 13.1. The fourth-order valence-corrected chi connectivity index (χ4v) is 3.77. The van der Waals surface area contributed by atoms with Crippen molar-refractivity contribution in [3.05, 3.63) is 39.8 Å². The summed E-state index contributed by atoms with van der Waals surface area (Å²) in [5, 5.41) is 4.23. The van der Waals surface area contributed by atoms with E-state index in [1.807, 2.05) is 34.6 Å². The van der Waals surface area contributed by atoms with E-state index in [1.165, 1.54) is 4.90 Å². The number of aromatic nitrogens is 1. The number of benzene rings is 1. The minimum atomic E-state index is -0.659. The number of likely N-dealkylation sites (tertiary alicyclic amines) is 1. The molecule has 0 radical (unpaired) electrons. The molecule has 1 aromatic heterocycles. The highest BCUT2D eigenvalue weighted by Crippen LogP contribution is 2.24. The highest BCUT2D eigenvalue weighted by molar-refractivity contribution is 6.31. The van der Waals surface area contributed by atoms with Gasteiger partial charge in [-0.1, -0.05) is 46.2 Å². The van der Waals surface area contributed by atoms with Gasteiger partial charge in [0, 0.05) is 23.2 Å². The monoisotopic (exact) mass is 554 g/mol. The molecule has 0 bridgehead atoms. The standard InChI is InChI=1S/C13H23N3O4.C10H8ClNO2.2C2H6/c1-8-5-6-16(10(8)11(14)18)9(17)7-15-12(19)20-13(2,3)4;1-14-9-5-12-10(13)8-4-6(11)2-3-7(8)9;2*1-2/h8,10H,5-7H2,1-4H3,(H2,14,18)(H,15,19);2-5H,1H3,(H,12,13);2*1-2H3. The smallest absolute Gasteiger partial charge is 0.408 e. The Labute approximate surface area is 230 Å². The van der Waals surface area contributed by atoms with Gasteiger partial charge in [0.25, 0.3) is 5.56 Å². The Bertz CT molecular complexity index is 1110. The molecule has 214 valence electrons. The first kappa shape index (κ1) is 34.7. The molecular formula is C27H43ClN4O6. The van der Waals surface area contributed by atoms with Crippen LogP contribution in [-0.4, -0.2) is 59.6 Å². The number of carbonyl (C=O) groups is 3. The number of hydrogen-bond donors (Lipinski definition) is 3. The summed E-state index contributed by atoms with van der Waals surface area (Å²) in [6, 6.07) is 4.53. The van der Waals surface area contributed by atoms with Crippen LogP contribution in [0.1, 0.15) is 61.8 Å². The number of nitrogens with one attached hydrogen (secondary N) is 2. The minimum Gasteiger partial charge on any atom is -0.495 e. The van der Waals surface area contributed by atoms with Crippen molar-refractivity contribution in [1.29, 1.82) is 0 Å². The van der Waals surface area contributed by atoms with Crippen molar-refractivity contribution in [3.8, 4) is 5.75 Å². The summed E-state index contributed by atoms with van der Waals surface area (Å²) in [6.07, 6.45) is 1.61. The van der Waals surface area contributed by atoms with Gasteiger partial charge < -0.3 is 30.4 Å². The van der Waals surface area contributed by atoms with E-state index in [9.17, 15) is 19.2 Å². The first-order chi connectivity index (χ1) is 17.8. The zero-order chi connectivity index (χ0) is 29.6. The number of fused-ring (bicyclic) bond motifs is 1. The van der Waals surface area contributed by atoms with E-state index >= 15 is 0 Å². The lowest BCUT2D eigenvalue weighted by atomic mass is 10.0. The van der Waals surface area contributed by atoms with Crippen LogP contribution in [0.2, 0.25) is 5.02 Å². The average Bonchev–Trinajstić information content (AvgIpc) is 3.27. The van der Waals surface area contributed by atoms with Gasteiger partial charge in [0.05, 0.1) is 12.5 Å². The van der Waals surface area contributed by atoms with Crippen molar-refractivity contribution in [2.45, 2.75) is 73.5 Å². The SMILES string of the molecule is CC.CC.CC1CCN(C(=O)CNC(=O)OC(C)(C)C)C1C(N)=O.COc1c[nH]c(=O)c2cc(Cl)ccc12. The Morgan fingerprint density at radius 2 is 1.76 bits per heavy atom. The van der Waals surface area contributed by atoms with E-state index in [-0.39, 0.29) is 23.9 Å². The number of alkyl carbamates (subject to hydrolysis) is 1. The molecule has 2 atom stereocenters. The van der Waals surface area contributed by atoms with Gasteiger partial charge in [-0.2, -0.15) is 0 Å². The molecule has 0 aliphatic carbocycles. The van der Waals surface area contributed by atoms with Crippen LogP contribution in [-0.2, 0) is 14.3 Å². The molecule has 10 nitrogen and oxygen atoms in total. The molecular weight excluding hydrogens is 512 g/mol. The second-order valence-electron chi connectivity index (χ2n) is 8.93. The number of carbonyl (C=O) groups excluding carboxylic acids is 3. The summed E-state index contributed by atoms with van der Waals surface area (Å²) < 4.78 is 10.1. The fourth-order valence-electron chi connectivity index (χ4n) is 3.60. The van der Waals surface area contributed by atoms with Crippen LogP contribution >= 0.6 is 11.6 Å². The average molecular weight is 555 g/mol. The second kappa shape index (κ2) is 16.5. The third kappa shape index (κ3) is 10.6. The molecule has 0 spiro atoms. The number of H-pyrrole nitrogens is 1. The van der Waals surface area contributed by atoms with Crippen LogP contribution < -0.4 is 21.3 Å². The number of aromatic amines is 1. The van der Waals surface area contributed by atoms with Crippen molar-refractivity contribution in [1.82, 2.24) is 15.2 Å². The minimum absolute atomic E-state index is 0.0398. The summed E-state index contributed by atoms with van der Waals surface area (Å²) in [4.78, 5) is 50.3. The zero-order valence-electron chi connectivity index (χ0n) is 23.9. The predicted octanol–water partition coefficient (Wildman–Crippen LogP) is 4.48. The van der Waals surface area contributed by atoms with Gasteiger partial charge in [0.15, 0.2) is 0 Å². The molecule has 1 saturated heterocycles. The van der Waals surface area contributed by atoms with Crippen LogP contribution in [0.25, 0.3) is 10.8 Å². The number of amides is 3. The van der Waals surface area contributed by atoms with Crippen molar-refractivity contribution >= 4 is 40.3 Å². The lowest BCUT2D eigenvalue weighted by Gasteiger charge is -2.25. The van der Waals surface area contributed by atoms with E-state index in [0.717, 1.165) is 11.8 Å². The van der Waals surface area contributed by atoms with Crippen LogP contribution in [0.15, 0.2) is 29.2 Å². The Morgan fingerprint density at radius 1 is 1.16 bits per heavy atom. The van der Waals surface area contributed by atoms with Crippen molar-refractivity contribution in [3.63, 3.8) is 0 Å². The lowest BCUT2D eigenvalue weighted by molar-refractivity contribution is -0.137. The number of nitrogens with zero attached hydrogens (tertiary/aromatic N) is 1. The number of ether oxygens (including phenoxy) is 2. The van der Waals surface area contributed by atoms with E-state index < -0.39 is 23.6 Å². The molecule has 1 fully saturated rings. The van der Waals surface area contributed by atoms with Crippen LogP contribution in [0.3, 0.4) is 0 Å². The Kier molecular flexibility index (Phi) is 15.1. The molecule has 11 heteroatoms. The summed E-state index contributed by atoms with van der Waals surface area (Å²) in [6.45, 7) is 15.4. The maximum absolute atomic E-state index is 12.0. The first-order valence-electron chi connectivity index (χ1n) is 12.7. The molecule has 2 unspecified atom stereocenters. The number of halogens is 1. The van der Waals surface area contributed by atoms with Crippen molar-refractivity contribution in [2.75, 3.05) is 20.2 Å². The molecule has 2 aromatic rings. The van der Waals surface area contributed by atoms with E-state index in [1.54, 1.807) is 52.3 Å². The van der Waals surface area contributed by atoms with Gasteiger partial charge in [0.2, 0.25) is 11.8 Å².